The van der Waals surface area contributed by atoms with Crippen LogP contribution >= 0.6 is 15.9 Å². The van der Waals surface area contributed by atoms with E-state index in [4.69, 9.17) is 9.72 Å². The van der Waals surface area contributed by atoms with E-state index >= 15 is 0 Å². The van der Waals surface area contributed by atoms with Crippen LogP contribution in [0.4, 0.5) is 0 Å². The van der Waals surface area contributed by atoms with Crippen molar-refractivity contribution in [3.63, 3.8) is 0 Å². The fraction of sp³-hybridized carbons (Fsp3) is 0.610. The van der Waals surface area contributed by atoms with Gasteiger partial charge in [-0.05, 0) is 78.9 Å². The Balaban J connectivity index is 0.000000253. The van der Waals surface area contributed by atoms with Gasteiger partial charge < -0.3 is 34.3 Å². The molecular formula is C41H61BrN8O5. The SMILES string of the molecule is CNC(=O)[C@@H](CC(=O)c1nc(-c2ccccc2OC)n2c1CN(C)CCC2)C(C)(C)C.CNC(=O)[C@@H](CC(=O)c1nc(Br)n2c1CN(C)CCC2)C(C)(C)C. The van der Waals surface area contributed by atoms with Crippen LogP contribution in [-0.4, -0.2) is 101 Å². The quantitative estimate of drug-likeness (QED) is 0.241. The largest absolute Gasteiger partial charge is 0.496 e. The van der Waals surface area contributed by atoms with Crippen LogP contribution in [0.1, 0.15) is 99.6 Å². The number of hydrogen-bond acceptors (Lipinski definition) is 9. The minimum atomic E-state index is -0.430. The molecule has 302 valence electrons. The van der Waals surface area contributed by atoms with E-state index in [1.165, 1.54) is 0 Å². The highest BCUT2D eigenvalue weighted by Crippen LogP contribution is 2.35. The van der Waals surface area contributed by atoms with Crippen LogP contribution in [0.3, 0.4) is 0 Å². The first kappa shape index (κ1) is 43.8. The van der Waals surface area contributed by atoms with Crippen molar-refractivity contribution in [2.24, 2.45) is 22.7 Å². The molecule has 5 rings (SSSR count). The number of carbonyl (C=O) groups is 4. The number of hydrogen-bond donors (Lipinski definition) is 2. The van der Waals surface area contributed by atoms with Crippen molar-refractivity contribution < 1.29 is 23.9 Å². The Kier molecular flexibility index (Phi) is 14.6. The predicted molar refractivity (Wildman–Crippen MR) is 218 cm³/mol. The minimum absolute atomic E-state index is 0.0664. The topological polar surface area (TPSA) is 144 Å². The van der Waals surface area contributed by atoms with Gasteiger partial charge in [-0.1, -0.05) is 53.7 Å². The number of nitrogens with zero attached hydrogens (tertiary/aromatic N) is 6. The molecule has 2 N–H and O–H groups in total. The van der Waals surface area contributed by atoms with E-state index in [9.17, 15) is 19.2 Å². The summed E-state index contributed by atoms with van der Waals surface area (Å²) in [7, 11) is 8.97. The number of aromatic nitrogens is 4. The third-order valence-corrected chi connectivity index (χ3v) is 11.3. The maximum absolute atomic E-state index is 13.5. The number of ketones is 2. The molecule has 1 aromatic carbocycles. The van der Waals surface area contributed by atoms with Crippen LogP contribution in [0.25, 0.3) is 11.4 Å². The van der Waals surface area contributed by atoms with Gasteiger partial charge in [-0.15, -0.1) is 0 Å². The lowest BCUT2D eigenvalue weighted by Crippen LogP contribution is -2.37. The lowest BCUT2D eigenvalue weighted by atomic mass is 9.77. The molecule has 0 bridgehead atoms. The second-order valence-corrected chi connectivity index (χ2v) is 17.6. The molecule has 55 heavy (non-hydrogen) atoms. The van der Waals surface area contributed by atoms with Gasteiger partial charge in [0, 0.05) is 53.1 Å². The number of imidazole rings is 2. The highest BCUT2D eigenvalue weighted by molar-refractivity contribution is 9.10. The van der Waals surface area contributed by atoms with Gasteiger partial charge in [-0.25, -0.2) is 9.97 Å². The number of carbonyl (C=O) groups excluding carboxylic acids is 4. The first-order chi connectivity index (χ1) is 25.8. The number of methoxy groups -OCH3 is 1. The van der Waals surface area contributed by atoms with Gasteiger partial charge in [0.15, 0.2) is 16.3 Å². The van der Waals surface area contributed by atoms with Crippen molar-refractivity contribution in [3.05, 3.63) is 51.8 Å². The van der Waals surface area contributed by atoms with Crippen LogP contribution in [-0.2, 0) is 35.8 Å². The number of halogens is 1. The molecule has 0 saturated heterocycles. The molecule has 0 unspecified atom stereocenters. The third kappa shape index (κ3) is 10.5. The summed E-state index contributed by atoms with van der Waals surface area (Å²) >= 11 is 3.48. The molecule has 2 aliphatic rings. The zero-order chi connectivity index (χ0) is 40.8. The Morgan fingerprint density at radius 1 is 0.745 bits per heavy atom. The minimum Gasteiger partial charge on any atom is -0.496 e. The van der Waals surface area contributed by atoms with Gasteiger partial charge >= 0.3 is 0 Å². The zero-order valence-electron chi connectivity index (χ0n) is 34.6. The standard InChI is InChI=1S/C24H34N4O3.C17H27BrN4O2/c1-24(2,3)17(23(30)25-4)14-19(29)21-18-15-27(5)12-9-13-28(18)22(26-21)16-10-7-8-11-20(16)31-6;1-17(2,3)11(15(24)19-4)9-13(23)14-12-10-21(5)7-6-8-22(12)16(18)20-14/h7-8,10-11,17H,9,12-15H2,1-6H3,(H,25,30);11H,6-10H2,1-5H3,(H,19,24)/t17-;11-/m11/s1. The van der Waals surface area contributed by atoms with Crippen molar-refractivity contribution in [3.8, 4) is 17.1 Å². The Bertz CT molecular complexity index is 1850. The van der Waals surface area contributed by atoms with E-state index in [1.54, 1.807) is 21.2 Å². The van der Waals surface area contributed by atoms with Crippen molar-refractivity contribution in [1.29, 1.82) is 0 Å². The number of nitrogens with one attached hydrogen (secondary N) is 2. The Morgan fingerprint density at radius 2 is 1.20 bits per heavy atom. The van der Waals surface area contributed by atoms with Gasteiger partial charge in [0.25, 0.3) is 0 Å². The van der Waals surface area contributed by atoms with E-state index in [0.29, 0.717) is 29.2 Å². The summed E-state index contributed by atoms with van der Waals surface area (Å²) in [6.45, 7) is 16.8. The molecule has 0 saturated carbocycles. The second kappa shape index (κ2) is 18.4. The molecule has 0 fully saturated rings. The third-order valence-electron chi connectivity index (χ3n) is 10.7. The lowest BCUT2D eigenvalue weighted by Gasteiger charge is -2.28. The fourth-order valence-corrected chi connectivity index (χ4v) is 7.95. The number of para-hydroxylation sites is 1. The molecule has 13 nitrogen and oxygen atoms in total. The van der Waals surface area contributed by atoms with Crippen molar-refractivity contribution in [2.75, 3.05) is 48.4 Å². The summed E-state index contributed by atoms with van der Waals surface area (Å²) in [5, 5.41) is 5.39. The van der Waals surface area contributed by atoms with Gasteiger partial charge in [-0.3, -0.25) is 19.2 Å². The Morgan fingerprint density at radius 3 is 1.67 bits per heavy atom. The van der Waals surface area contributed by atoms with Gasteiger partial charge in [0.2, 0.25) is 11.8 Å². The summed E-state index contributed by atoms with van der Waals surface area (Å²) in [6, 6.07) is 7.75. The fourth-order valence-electron chi connectivity index (χ4n) is 7.38. The number of benzene rings is 1. The maximum atomic E-state index is 13.5. The van der Waals surface area contributed by atoms with Crippen LogP contribution in [0.15, 0.2) is 29.0 Å². The molecular weight excluding hydrogens is 764 g/mol. The number of rotatable bonds is 10. The Labute approximate surface area is 335 Å². The molecule has 2 aliphatic heterocycles. The van der Waals surface area contributed by atoms with E-state index in [-0.39, 0.29) is 53.0 Å². The van der Waals surface area contributed by atoms with E-state index in [2.05, 4.69) is 57.5 Å². The summed E-state index contributed by atoms with van der Waals surface area (Å²) in [6.07, 6.45) is 2.29. The summed E-state index contributed by atoms with van der Waals surface area (Å²) in [4.78, 5) is 64.9. The number of amides is 2. The van der Waals surface area contributed by atoms with Gasteiger partial charge in [0.1, 0.15) is 23.0 Å². The van der Waals surface area contributed by atoms with Gasteiger partial charge in [0.05, 0.1) is 35.9 Å². The highest BCUT2D eigenvalue weighted by atomic mass is 79.9. The summed E-state index contributed by atoms with van der Waals surface area (Å²) in [5.74, 6) is 0.288. The normalized spacial score (nSPS) is 16.3. The maximum Gasteiger partial charge on any atom is 0.223 e. The number of fused-ring (bicyclic) bond motifs is 2. The average molecular weight is 826 g/mol. The van der Waals surface area contributed by atoms with E-state index in [1.807, 2.05) is 72.9 Å². The second-order valence-electron chi connectivity index (χ2n) is 16.9. The van der Waals surface area contributed by atoms with Crippen LogP contribution in [0.5, 0.6) is 5.75 Å². The smallest absolute Gasteiger partial charge is 0.223 e. The van der Waals surface area contributed by atoms with Gasteiger partial charge in [-0.2, -0.15) is 0 Å². The average Bonchev–Trinajstić information content (AvgIpc) is 3.45. The number of Topliss-reactive ketones (excluding diaryl/α,β-unsaturated/α-hetero) is 2. The monoisotopic (exact) mass is 824 g/mol. The summed E-state index contributed by atoms with van der Waals surface area (Å²) in [5.41, 5.74) is 3.05. The van der Waals surface area contributed by atoms with Crippen LogP contribution in [0, 0.1) is 22.7 Å². The molecule has 3 aromatic rings. The zero-order valence-corrected chi connectivity index (χ0v) is 36.2. The Hall–Kier alpha value is -3.88. The van der Waals surface area contributed by atoms with E-state index < -0.39 is 5.92 Å². The molecule has 14 heteroatoms. The lowest BCUT2D eigenvalue weighted by molar-refractivity contribution is -0.128. The predicted octanol–water partition coefficient (Wildman–Crippen LogP) is 5.84. The van der Waals surface area contributed by atoms with E-state index in [0.717, 1.165) is 67.5 Å². The van der Waals surface area contributed by atoms with Crippen molar-refractivity contribution >= 4 is 39.3 Å². The molecule has 0 spiro atoms. The first-order valence-electron chi connectivity index (χ1n) is 19.2. The van der Waals surface area contributed by atoms with Crippen LogP contribution < -0.4 is 15.4 Å². The summed E-state index contributed by atoms with van der Waals surface area (Å²) < 4.78 is 10.5. The molecule has 2 amide bonds. The molecule has 0 radical (unpaired) electrons. The number of ether oxygens (including phenoxy) is 1. The van der Waals surface area contributed by atoms with Crippen LogP contribution in [0.2, 0.25) is 0 Å². The molecule has 2 atom stereocenters. The first-order valence-corrected chi connectivity index (χ1v) is 20.0. The van der Waals surface area contributed by atoms with Crippen molar-refractivity contribution in [1.82, 2.24) is 39.5 Å². The van der Waals surface area contributed by atoms with Crippen molar-refractivity contribution in [2.45, 2.75) is 93.4 Å². The highest BCUT2D eigenvalue weighted by Gasteiger charge is 2.37. The molecule has 4 heterocycles. The molecule has 0 aliphatic carbocycles. The molecule has 2 aromatic heterocycles.